The van der Waals surface area contributed by atoms with Crippen molar-refractivity contribution in [1.82, 2.24) is 14.2 Å². The highest BCUT2D eigenvalue weighted by Gasteiger charge is 2.31. The second-order valence-electron chi connectivity index (χ2n) is 6.92. The highest BCUT2D eigenvalue weighted by molar-refractivity contribution is 7.89. The van der Waals surface area contributed by atoms with E-state index in [0.717, 1.165) is 12.0 Å². The van der Waals surface area contributed by atoms with Crippen molar-refractivity contribution in [3.63, 3.8) is 0 Å². The maximum absolute atomic E-state index is 12.9. The van der Waals surface area contributed by atoms with Crippen molar-refractivity contribution in [2.45, 2.75) is 31.1 Å². The minimum absolute atomic E-state index is 0.156. The summed E-state index contributed by atoms with van der Waals surface area (Å²) >= 11 is 6.00. The summed E-state index contributed by atoms with van der Waals surface area (Å²) in [6.45, 7) is 5.35. The first-order valence-corrected chi connectivity index (χ1v) is 11.2. The summed E-state index contributed by atoms with van der Waals surface area (Å²) in [7, 11) is -3.58. The molecule has 1 saturated heterocycles. The van der Waals surface area contributed by atoms with Gasteiger partial charge in [0.05, 0.1) is 10.5 Å². The third-order valence-electron chi connectivity index (χ3n) is 5.21. The molecule has 8 heteroatoms. The third kappa shape index (κ3) is 4.21. The number of rotatable bonds is 5. The van der Waals surface area contributed by atoms with E-state index in [1.807, 2.05) is 12.1 Å². The van der Waals surface area contributed by atoms with Crippen LogP contribution >= 0.6 is 11.6 Å². The maximum atomic E-state index is 12.9. The molecule has 1 aliphatic heterocycles. The van der Waals surface area contributed by atoms with Crippen LogP contribution in [0, 0.1) is 0 Å². The van der Waals surface area contributed by atoms with Crippen LogP contribution in [0.3, 0.4) is 0 Å². The Morgan fingerprint density at radius 1 is 1.14 bits per heavy atom. The fourth-order valence-corrected chi connectivity index (χ4v) is 4.82. The number of pyridine rings is 1. The van der Waals surface area contributed by atoms with Gasteiger partial charge in [-0.25, -0.2) is 13.4 Å². The smallest absolute Gasteiger partial charge is 0.257 e. The Labute approximate surface area is 171 Å². The minimum atomic E-state index is -3.58. The normalized spacial score (nSPS) is 16.8. The Bertz CT molecular complexity index is 939. The van der Waals surface area contributed by atoms with Gasteiger partial charge >= 0.3 is 0 Å². The molecule has 0 radical (unpaired) electrons. The van der Waals surface area contributed by atoms with Crippen molar-refractivity contribution in [1.29, 1.82) is 0 Å². The van der Waals surface area contributed by atoms with Gasteiger partial charge in [0.25, 0.3) is 5.91 Å². The highest BCUT2D eigenvalue weighted by Crippen LogP contribution is 2.23. The monoisotopic (exact) mass is 421 g/mol. The van der Waals surface area contributed by atoms with Crippen LogP contribution in [-0.2, 0) is 10.0 Å². The molecule has 1 fully saturated rings. The number of hydrogen-bond donors (Lipinski definition) is 0. The van der Waals surface area contributed by atoms with E-state index in [9.17, 15) is 13.2 Å². The van der Waals surface area contributed by atoms with Gasteiger partial charge in [0, 0.05) is 32.4 Å². The average Bonchev–Trinajstić information content (AvgIpc) is 2.73. The van der Waals surface area contributed by atoms with Gasteiger partial charge in [-0.2, -0.15) is 4.31 Å². The molecule has 6 nitrogen and oxygen atoms in total. The minimum Gasteiger partial charge on any atom is -0.336 e. The first-order valence-electron chi connectivity index (χ1n) is 9.34. The van der Waals surface area contributed by atoms with Gasteiger partial charge in [-0.15, -0.1) is 0 Å². The lowest BCUT2D eigenvalue weighted by molar-refractivity contribution is 0.0697. The van der Waals surface area contributed by atoms with Crippen LogP contribution in [0.1, 0.15) is 42.1 Å². The molecule has 1 aromatic heterocycles. The van der Waals surface area contributed by atoms with Crippen LogP contribution in [-0.4, -0.2) is 54.7 Å². The number of carbonyl (C=O) groups is 1. The van der Waals surface area contributed by atoms with Crippen LogP contribution < -0.4 is 0 Å². The van der Waals surface area contributed by atoms with Crippen molar-refractivity contribution in [2.75, 3.05) is 26.2 Å². The van der Waals surface area contributed by atoms with E-state index in [1.54, 1.807) is 29.2 Å². The molecule has 1 aliphatic rings. The third-order valence-corrected chi connectivity index (χ3v) is 7.43. The summed E-state index contributed by atoms with van der Waals surface area (Å²) in [5.74, 6) is 0.165. The van der Waals surface area contributed by atoms with Gasteiger partial charge in [0.2, 0.25) is 10.0 Å². The number of piperazine rings is 1. The zero-order valence-electron chi connectivity index (χ0n) is 16.0. The quantitative estimate of drug-likeness (QED) is 0.694. The molecular weight excluding hydrogens is 398 g/mol. The SMILES string of the molecule is CC[C@H](C)c1ccc(S(=O)(=O)N2CCN(C(=O)c3cccnc3Cl)CC2)cc1. The average molecular weight is 422 g/mol. The lowest BCUT2D eigenvalue weighted by Gasteiger charge is -2.34. The molecule has 1 aromatic carbocycles. The van der Waals surface area contributed by atoms with E-state index in [4.69, 9.17) is 11.6 Å². The Morgan fingerprint density at radius 3 is 2.36 bits per heavy atom. The van der Waals surface area contributed by atoms with Gasteiger partial charge in [-0.3, -0.25) is 4.79 Å². The number of aromatic nitrogens is 1. The van der Waals surface area contributed by atoms with Crippen LogP contribution in [0.15, 0.2) is 47.5 Å². The van der Waals surface area contributed by atoms with E-state index >= 15 is 0 Å². The molecule has 0 spiro atoms. The first kappa shape index (κ1) is 20.8. The lowest BCUT2D eigenvalue weighted by Crippen LogP contribution is -2.50. The van der Waals surface area contributed by atoms with Crippen molar-refractivity contribution >= 4 is 27.5 Å². The van der Waals surface area contributed by atoms with Gasteiger partial charge in [-0.05, 0) is 42.2 Å². The number of carbonyl (C=O) groups excluding carboxylic acids is 1. The zero-order chi connectivity index (χ0) is 20.3. The molecule has 28 heavy (non-hydrogen) atoms. The van der Waals surface area contributed by atoms with Gasteiger partial charge < -0.3 is 4.90 Å². The number of nitrogens with zero attached hydrogens (tertiary/aromatic N) is 3. The van der Waals surface area contributed by atoms with E-state index in [0.29, 0.717) is 24.6 Å². The van der Waals surface area contributed by atoms with E-state index in [-0.39, 0.29) is 29.0 Å². The molecule has 1 amide bonds. The number of benzene rings is 1. The van der Waals surface area contributed by atoms with Gasteiger partial charge in [0.15, 0.2) is 0 Å². The molecule has 0 N–H and O–H groups in total. The lowest BCUT2D eigenvalue weighted by atomic mass is 9.99. The molecule has 2 aromatic rings. The van der Waals surface area contributed by atoms with E-state index in [1.165, 1.54) is 10.5 Å². The highest BCUT2D eigenvalue weighted by atomic mass is 35.5. The fourth-order valence-electron chi connectivity index (χ4n) is 3.20. The van der Waals surface area contributed by atoms with Crippen LogP contribution in [0.5, 0.6) is 0 Å². The standard InChI is InChI=1S/C20H24ClN3O3S/c1-3-15(2)16-6-8-17(9-7-16)28(26,27)24-13-11-23(12-14-24)20(25)18-5-4-10-22-19(18)21/h4-10,15H,3,11-14H2,1-2H3/t15-/m0/s1. The summed E-state index contributed by atoms with van der Waals surface area (Å²) in [4.78, 5) is 18.4. The Morgan fingerprint density at radius 2 is 1.79 bits per heavy atom. The molecular formula is C20H24ClN3O3S. The van der Waals surface area contributed by atoms with Crippen LogP contribution in [0.2, 0.25) is 5.15 Å². The van der Waals surface area contributed by atoms with Crippen molar-refractivity contribution < 1.29 is 13.2 Å². The zero-order valence-corrected chi connectivity index (χ0v) is 17.6. The van der Waals surface area contributed by atoms with E-state index in [2.05, 4.69) is 18.8 Å². The molecule has 0 unspecified atom stereocenters. The number of hydrogen-bond acceptors (Lipinski definition) is 4. The number of amides is 1. The molecule has 0 saturated carbocycles. The van der Waals surface area contributed by atoms with E-state index < -0.39 is 10.0 Å². The predicted molar refractivity (Wildman–Crippen MR) is 109 cm³/mol. The van der Waals surface area contributed by atoms with Crippen molar-refractivity contribution in [2.24, 2.45) is 0 Å². The van der Waals surface area contributed by atoms with Crippen molar-refractivity contribution in [3.05, 3.63) is 58.9 Å². The van der Waals surface area contributed by atoms with Crippen molar-refractivity contribution in [3.8, 4) is 0 Å². The second kappa shape index (κ2) is 8.59. The Kier molecular flexibility index (Phi) is 6.37. The molecule has 0 bridgehead atoms. The first-order chi connectivity index (χ1) is 13.3. The summed E-state index contributed by atoms with van der Waals surface area (Å²) < 4.78 is 27.3. The van der Waals surface area contributed by atoms with Gasteiger partial charge in [-0.1, -0.05) is 37.6 Å². The molecule has 1 atom stereocenters. The summed E-state index contributed by atoms with van der Waals surface area (Å²) in [5, 5.41) is 0.156. The number of halogens is 1. The Hall–Kier alpha value is -1.96. The summed E-state index contributed by atoms with van der Waals surface area (Å²) in [6, 6.07) is 10.4. The topological polar surface area (TPSA) is 70.6 Å². The second-order valence-corrected chi connectivity index (χ2v) is 9.21. The van der Waals surface area contributed by atoms with Crippen LogP contribution in [0.4, 0.5) is 0 Å². The molecule has 2 heterocycles. The molecule has 3 rings (SSSR count). The fraction of sp³-hybridized carbons (Fsp3) is 0.400. The predicted octanol–water partition coefficient (Wildman–Crippen LogP) is 3.40. The summed E-state index contributed by atoms with van der Waals surface area (Å²) in [5.41, 5.74) is 1.46. The maximum Gasteiger partial charge on any atom is 0.257 e. The number of sulfonamides is 1. The Balaban J connectivity index is 1.68. The summed E-state index contributed by atoms with van der Waals surface area (Å²) in [6.07, 6.45) is 2.53. The van der Waals surface area contributed by atoms with Gasteiger partial charge in [0.1, 0.15) is 5.15 Å². The molecule has 0 aliphatic carbocycles. The molecule has 150 valence electrons. The largest absolute Gasteiger partial charge is 0.336 e. The van der Waals surface area contributed by atoms with Crippen LogP contribution in [0.25, 0.3) is 0 Å².